The highest BCUT2D eigenvalue weighted by Gasteiger charge is 2.08. The molecule has 5 heteroatoms. The van der Waals surface area contributed by atoms with Crippen molar-refractivity contribution in [2.45, 2.75) is 12.5 Å². The fourth-order valence-corrected chi connectivity index (χ4v) is 2.07. The Balaban J connectivity index is 2.24. The van der Waals surface area contributed by atoms with Crippen molar-refractivity contribution in [3.05, 3.63) is 58.9 Å². The van der Waals surface area contributed by atoms with Crippen LogP contribution in [0.5, 0.6) is 11.5 Å². The quantitative estimate of drug-likeness (QED) is 0.783. The highest BCUT2D eigenvalue weighted by molar-refractivity contribution is 6.17. The molecule has 0 N–H and O–H groups in total. The Morgan fingerprint density at radius 1 is 1.19 bits per heavy atom. The molecule has 0 amide bonds. The number of nitriles is 1. The van der Waals surface area contributed by atoms with Crippen LogP contribution < -0.4 is 9.47 Å². The number of methoxy groups -OCH3 is 1. The van der Waals surface area contributed by atoms with E-state index in [-0.39, 0.29) is 12.5 Å². The van der Waals surface area contributed by atoms with Gasteiger partial charge in [0.2, 0.25) is 0 Å². The van der Waals surface area contributed by atoms with E-state index in [1.165, 1.54) is 18.2 Å². The van der Waals surface area contributed by atoms with Gasteiger partial charge >= 0.3 is 0 Å². The van der Waals surface area contributed by atoms with E-state index in [4.69, 9.17) is 26.3 Å². The van der Waals surface area contributed by atoms with Crippen LogP contribution in [0.25, 0.3) is 0 Å². The van der Waals surface area contributed by atoms with Crippen molar-refractivity contribution < 1.29 is 13.9 Å². The van der Waals surface area contributed by atoms with Crippen LogP contribution >= 0.6 is 11.6 Å². The summed E-state index contributed by atoms with van der Waals surface area (Å²) in [6, 6.07) is 11.3. The van der Waals surface area contributed by atoms with Gasteiger partial charge in [-0.15, -0.1) is 11.6 Å². The molecule has 21 heavy (non-hydrogen) atoms. The Labute approximate surface area is 127 Å². The van der Waals surface area contributed by atoms with Crippen molar-refractivity contribution in [1.29, 1.82) is 5.26 Å². The van der Waals surface area contributed by atoms with E-state index >= 15 is 0 Å². The number of hydrogen-bond donors (Lipinski definition) is 0. The summed E-state index contributed by atoms with van der Waals surface area (Å²) in [6.07, 6.45) is 0. The monoisotopic (exact) mass is 305 g/mol. The lowest BCUT2D eigenvalue weighted by atomic mass is 10.1. The van der Waals surface area contributed by atoms with Gasteiger partial charge in [0.1, 0.15) is 23.9 Å². The molecule has 0 aliphatic rings. The Morgan fingerprint density at radius 2 is 2.00 bits per heavy atom. The molecule has 0 unspecified atom stereocenters. The van der Waals surface area contributed by atoms with Gasteiger partial charge in [-0.25, -0.2) is 4.39 Å². The number of halogens is 2. The molecule has 3 nitrogen and oxygen atoms in total. The van der Waals surface area contributed by atoms with Gasteiger partial charge in [0.15, 0.2) is 0 Å². The van der Waals surface area contributed by atoms with Gasteiger partial charge in [-0.3, -0.25) is 0 Å². The molecule has 0 bridgehead atoms. The zero-order valence-corrected chi connectivity index (χ0v) is 12.2. The Bertz CT molecular complexity index is 682. The standard InChI is InChI=1S/C16H13ClFNO2/c1-20-15-5-3-11(8-17)16(7-15)21-10-13-6-14(18)4-2-12(13)9-19/h2-7H,8,10H2,1H3. The van der Waals surface area contributed by atoms with Crippen LogP contribution in [0.2, 0.25) is 0 Å². The minimum Gasteiger partial charge on any atom is -0.497 e. The second kappa shape index (κ2) is 6.96. The SMILES string of the molecule is COc1ccc(CCl)c(OCc2cc(F)ccc2C#N)c1. The van der Waals surface area contributed by atoms with Crippen LogP contribution in [0.1, 0.15) is 16.7 Å². The van der Waals surface area contributed by atoms with E-state index in [9.17, 15) is 4.39 Å². The first-order valence-corrected chi connectivity index (χ1v) is 6.75. The molecular weight excluding hydrogens is 293 g/mol. The molecule has 2 rings (SSSR count). The molecule has 0 radical (unpaired) electrons. The maximum absolute atomic E-state index is 13.3. The Morgan fingerprint density at radius 3 is 2.67 bits per heavy atom. The number of alkyl halides is 1. The summed E-state index contributed by atoms with van der Waals surface area (Å²) in [5, 5.41) is 9.02. The van der Waals surface area contributed by atoms with Gasteiger partial charge in [-0.1, -0.05) is 6.07 Å². The molecule has 0 aliphatic carbocycles. The Hall–Kier alpha value is -2.25. The van der Waals surface area contributed by atoms with Gasteiger partial charge in [-0.2, -0.15) is 5.26 Å². The molecule has 0 atom stereocenters. The number of benzene rings is 2. The fourth-order valence-electron chi connectivity index (χ4n) is 1.85. The van der Waals surface area contributed by atoms with E-state index in [0.29, 0.717) is 22.6 Å². The lowest BCUT2D eigenvalue weighted by Crippen LogP contribution is -2.01. The van der Waals surface area contributed by atoms with Crippen molar-refractivity contribution in [1.82, 2.24) is 0 Å². The second-order valence-electron chi connectivity index (χ2n) is 4.31. The molecule has 0 fully saturated rings. The van der Waals surface area contributed by atoms with E-state index in [0.717, 1.165) is 5.56 Å². The summed E-state index contributed by atoms with van der Waals surface area (Å²) in [6.45, 7) is 0.0811. The van der Waals surface area contributed by atoms with Crippen molar-refractivity contribution in [2.24, 2.45) is 0 Å². The van der Waals surface area contributed by atoms with Crippen LogP contribution in [0.4, 0.5) is 4.39 Å². The normalized spacial score (nSPS) is 10.0. The van der Waals surface area contributed by atoms with Gasteiger partial charge < -0.3 is 9.47 Å². The number of rotatable bonds is 5. The predicted octanol–water partition coefficient (Wildman–Crippen LogP) is 4.02. The van der Waals surface area contributed by atoms with Crippen molar-refractivity contribution in [3.8, 4) is 17.6 Å². The molecule has 0 spiro atoms. The third-order valence-corrected chi connectivity index (χ3v) is 3.28. The molecule has 108 valence electrons. The average Bonchev–Trinajstić information content (AvgIpc) is 2.52. The summed E-state index contributed by atoms with van der Waals surface area (Å²) in [4.78, 5) is 0. The van der Waals surface area contributed by atoms with Crippen LogP contribution in [-0.2, 0) is 12.5 Å². The van der Waals surface area contributed by atoms with Gasteiger partial charge in [0.25, 0.3) is 0 Å². The largest absolute Gasteiger partial charge is 0.497 e. The van der Waals surface area contributed by atoms with E-state index in [1.807, 2.05) is 6.07 Å². The van der Waals surface area contributed by atoms with Gasteiger partial charge in [0.05, 0.1) is 24.6 Å². The van der Waals surface area contributed by atoms with Crippen LogP contribution in [-0.4, -0.2) is 7.11 Å². The molecule has 0 aromatic heterocycles. The third-order valence-electron chi connectivity index (χ3n) is 2.99. The predicted molar refractivity (Wildman–Crippen MR) is 78.0 cm³/mol. The van der Waals surface area contributed by atoms with Gasteiger partial charge in [-0.05, 0) is 24.3 Å². The maximum atomic E-state index is 13.3. The third kappa shape index (κ3) is 3.65. The van der Waals surface area contributed by atoms with Crippen LogP contribution in [0.15, 0.2) is 36.4 Å². The van der Waals surface area contributed by atoms with Crippen LogP contribution in [0, 0.1) is 17.1 Å². The first-order valence-electron chi connectivity index (χ1n) is 6.22. The summed E-state index contributed by atoms with van der Waals surface area (Å²) in [7, 11) is 1.56. The minimum absolute atomic E-state index is 0.0811. The molecule has 0 aliphatic heterocycles. The molecule has 2 aromatic carbocycles. The van der Waals surface area contributed by atoms with Crippen molar-refractivity contribution >= 4 is 11.6 Å². The fraction of sp³-hybridized carbons (Fsp3) is 0.188. The highest BCUT2D eigenvalue weighted by Crippen LogP contribution is 2.27. The first-order chi connectivity index (χ1) is 10.2. The molecule has 0 saturated carbocycles. The Kier molecular flexibility index (Phi) is 5.02. The number of ether oxygens (including phenoxy) is 2. The lowest BCUT2D eigenvalue weighted by molar-refractivity contribution is 0.300. The maximum Gasteiger partial charge on any atom is 0.127 e. The first kappa shape index (κ1) is 15.1. The highest BCUT2D eigenvalue weighted by atomic mass is 35.5. The number of hydrogen-bond acceptors (Lipinski definition) is 3. The molecule has 0 heterocycles. The topological polar surface area (TPSA) is 42.2 Å². The molecule has 2 aromatic rings. The van der Waals surface area contributed by atoms with Crippen LogP contribution in [0.3, 0.4) is 0 Å². The number of nitrogens with zero attached hydrogens (tertiary/aromatic N) is 1. The summed E-state index contributed by atoms with van der Waals surface area (Å²) in [5.41, 5.74) is 1.67. The zero-order chi connectivity index (χ0) is 15.2. The summed E-state index contributed by atoms with van der Waals surface area (Å²) >= 11 is 5.86. The second-order valence-corrected chi connectivity index (χ2v) is 4.58. The average molecular weight is 306 g/mol. The van der Waals surface area contributed by atoms with Crippen molar-refractivity contribution in [2.75, 3.05) is 7.11 Å². The summed E-state index contributed by atoms with van der Waals surface area (Å²) in [5.74, 6) is 1.07. The molecule has 0 saturated heterocycles. The van der Waals surface area contributed by atoms with E-state index < -0.39 is 5.82 Å². The van der Waals surface area contributed by atoms with E-state index in [2.05, 4.69) is 0 Å². The van der Waals surface area contributed by atoms with Gasteiger partial charge in [0, 0.05) is 17.2 Å². The van der Waals surface area contributed by atoms with E-state index in [1.54, 1.807) is 25.3 Å². The minimum atomic E-state index is -0.407. The van der Waals surface area contributed by atoms with Crippen molar-refractivity contribution in [3.63, 3.8) is 0 Å². The molecular formula is C16H13ClFNO2. The summed E-state index contributed by atoms with van der Waals surface area (Å²) < 4.78 is 24.1. The smallest absolute Gasteiger partial charge is 0.127 e. The zero-order valence-electron chi connectivity index (χ0n) is 11.4. The lowest BCUT2D eigenvalue weighted by Gasteiger charge is -2.12.